The number of aliphatic imine (C=N–C) groups is 1. The molecule has 128 valence electrons. The highest BCUT2D eigenvalue weighted by Crippen LogP contribution is 2.10. The highest BCUT2D eigenvalue weighted by atomic mass is 127. The number of thiazole rings is 1. The second-order valence-corrected chi connectivity index (χ2v) is 5.55. The Bertz CT molecular complexity index is 412. The molecule has 2 N–H and O–H groups in total. The maximum absolute atomic E-state index is 5.33. The molecule has 0 atom stereocenters. The van der Waals surface area contributed by atoms with Crippen molar-refractivity contribution in [2.24, 2.45) is 4.99 Å². The number of nitrogens with one attached hydrogen (secondary N) is 2. The van der Waals surface area contributed by atoms with Gasteiger partial charge in [-0.25, -0.2) is 9.98 Å². The fourth-order valence-electron chi connectivity index (χ4n) is 1.77. The third kappa shape index (κ3) is 9.58. The Hall–Kier alpha value is -0.410. The van der Waals surface area contributed by atoms with E-state index < -0.39 is 0 Å². The maximum Gasteiger partial charge on any atom is 0.191 e. The zero-order valence-corrected chi connectivity index (χ0v) is 17.0. The van der Waals surface area contributed by atoms with Crippen LogP contribution < -0.4 is 10.6 Å². The molecular formula is C15H29IN4OS. The summed E-state index contributed by atoms with van der Waals surface area (Å²) in [5.74, 6) is 0.861. The van der Waals surface area contributed by atoms with E-state index in [1.165, 1.54) is 5.01 Å². The van der Waals surface area contributed by atoms with E-state index in [9.17, 15) is 0 Å². The van der Waals surface area contributed by atoms with Gasteiger partial charge in [-0.15, -0.1) is 35.3 Å². The normalized spacial score (nSPS) is 11.1. The molecule has 0 saturated heterocycles. The minimum atomic E-state index is 0. The molecular weight excluding hydrogens is 411 g/mol. The predicted molar refractivity (Wildman–Crippen MR) is 105 cm³/mol. The van der Waals surface area contributed by atoms with Crippen molar-refractivity contribution < 1.29 is 4.74 Å². The summed E-state index contributed by atoms with van der Waals surface area (Å²) in [6.45, 7) is 10.3. The first kappa shape index (κ1) is 21.6. The number of rotatable bonds is 10. The monoisotopic (exact) mass is 440 g/mol. The second-order valence-electron chi connectivity index (χ2n) is 4.61. The highest BCUT2D eigenvalue weighted by molar-refractivity contribution is 14.0. The lowest BCUT2D eigenvalue weighted by atomic mass is 10.3. The van der Waals surface area contributed by atoms with Crippen molar-refractivity contribution in [2.75, 3.05) is 26.3 Å². The van der Waals surface area contributed by atoms with Gasteiger partial charge < -0.3 is 15.4 Å². The number of hydrogen-bond acceptors (Lipinski definition) is 4. The van der Waals surface area contributed by atoms with Crippen LogP contribution in [0.1, 0.15) is 44.3 Å². The van der Waals surface area contributed by atoms with Gasteiger partial charge in [0.1, 0.15) is 0 Å². The summed E-state index contributed by atoms with van der Waals surface area (Å²) in [6, 6.07) is 0. The van der Waals surface area contributed by atoms with Crippen LogP contribution in [-0.4, -0.2) is 37.2 Å². The standard InChI is InChI=1S/C15H28N4OS.HI/c1-4-14-19-13(12-21-14)11-18-15(16-5-2)17-9-7-8-10-20-6-3;/h12H,4-11H2,1-3H3,(H2,16,17,18);1H. The second kappa shape index (κ2) is 14.2. The van der Waals surface area contributed by atoms with E-state index in [2.05, 4.69) is 39.8 Å². The average Bonchev–Trinajstić information content (AvgIpc) is 2.96. The summed E-state index contributed by atoms with van der Waals surface area (Å²) < 4.78 is 5.33. The van der Waals surface area contributed by atoms with Crippen molar-refractivity contribution in [2.45, 2.75) is 46.6 Å². The molecule has 0 aliphatic rings. The molecule has 0 unspecified atom stereocenters. The van der Waals surface area contributed by atoms with Gasteiger partial charge in [-0.3, -0.25) is 0 Å². The van der Waals surface area contributed by atoms with Crippen LogP contribution in [0.4, 0.5) is 0 Å². The molecule has 1 aromatic heterocycles. The van der Waals surface area contributed by atoms with Crippen molar-refractivity contribution in [3.05, 3.63) is 16.1 Å². The van der Waals surface area contributed by atoms with Crippen molar-refractivity contribution in [1.29, 1.82) is 0 Å². The number of hydrogen-bond donors (Lipinski definition) is 2. The molecule has 22 heavy (non-hydrogen) atoms. The van der Waals surface area contributed by atoms with E-state index in [1.807, 2.05) is 6.92 Å². The minimum Gasteiger partial charge on any atom is -0.382 e. The zero-order valence-electron chi connectivity index (χ0n) is 13.9. The SMILES string of the molecule is CCNC(=NCc1csc(CC)n1)NCCCCOCC.I. The number of unbranched alkanes of at least 4 members (excludes halogenated alkanes) is 1. The summed E-state index contributed by atoms with van der Waals surface area (Å²) in [4.78, 5) is 9.10. The van der Waals surface area contributed by atoms with E-state index in [-0.39, 0.29) is 24.0 Å². The molecule has 0 saturated carbocycles. The molecule has 0 radical (unpaired) electrons. The van der Waals surface area contributed by atoms with E-state index in [4.69, 9.17) is 4.74 Å². The van der Waals surface area contributed by atoms with Crippen LogP contribution in [0.15, 0.2) is 10.4 Å². The lowest BCUT2D eigenvalue weighted by molar-refractivity contribution is 0.143. The van der Waals surface area contributed by atoms with Crippen LogP contribution in [-0.2, 0) is 17.7 Å². The molecule has 5 nitrogen and oxygen atoms in total. The van der Waals surface area contributed by atoms with E-state index in [0.717, 1.165) is 57.2 Å². The van der Waals surface area contributed by atoms with Gasteiger partial charge in [0, 0.05) is 31.7 Å². The lowest BCUT2D eigenvalue weighted by Gasteiger charge is -2.10. The molecule has 1 heterocycles. The lowest BCUT2D eigenvalue weighted by Crippen LogP contribution is -2.37. The zero-order chi connectivity index (χ0) is 15.3. The van der Waals surface area contributed by atoms with E-state index in [0.29, 0.717) is 6.54 Å². The molecule has 0 aromatic carbocycles. The first-order chi connectivity index (χ1) is 10.3. The van der Waals surface area contributed by atoms with Crippen molar-refractivity contribution >= 4 is 41.3 Å². The minimum absolute atomic E-state index is 0. The van der Waals surface area contributed by atoms with Crippen molar-refractivity contribution in [3.63, 3.8) is 0 Å². The van der Waals surface area contributed by atoms with Crippen LogP contribution in [0.5, 0.6) is 0 Å². The van der Waals surface area contributed by atoms with E-state index in [1.54, 1.807) is 11.3 Å². The Kier molecular flexibility index (Phi) is 13.9. The summed E-state index contributed by atoms with van der Waals surface area (Å²) in [7, 11) is 0. The van der Waals surface area contributed by atoms with Crippen molar-refractivity contribution in [3.8, 4) is 0 Å². The highest BCUT2D eigenvalue weighted by Gasteiger charge is 2.01. The molecule has 1 aromatic rings. The summed E-state index contributed by atoms with van der Waals surface area (Å²) in [5, 5.41) is 9.87. The Morgan fingerprint density at radius 1 is 1.27 bits per heavy atom. The van der Waals surface area contributed by atoms with Gasteiger partial charge in [-0.05, 0) is 33.1 Å². The molecule has 0 aliphatic carbocycles. The average molecular weight is 440 g/mol. The predicted octanol–water partition coefficient (Wildman–Crippen LogP) is 3.20. The Balaban J connectivity index is 0.00000441. The number of halogens is 1. The molecule has 1 rings (SSSR count). The number of aryl methyl sites for hydroxylation is 1. The van der Waals surface area contributed by atoms with Gasteiger partial charge >= 0.3 is 0 Å². The third-order valence-electron chi connectivity index (χ3n) is 2.86. The smallest absolute Gasteiger partial charge is 0.191 e. The third-order valence-corrected chi connectivity index (χ3v) is 3.90. The first-order valence-corrected chi connectivity index (χ1v) is 8.71. The van der Waals surface area contributed by atoms with Gasteiger partial charge in [0.25, 0.3) is 0 Å². The Morgan fingerprint density at radius 3 is 2.73 bits per heavy atom. The molecule has 0 fully saturated rings. The number of guanidine groups is 1. The summed E-state index contributed by atoms with van der Waals surface area (Å²) in [6.07, 6.45) is 3.15. The Labute approximate surface area is 155 Å². The quantitative estimate of drug-likeness (QED) is 0.254. The first-order valence-electron chi connectivity index (χ1n) is 7.83. The fraction of sp³-hybridized carbons (Fsp3) is 0.733. The van der Waals surface area contributed by atoms with Gasteiger partial charge in [0.2, 0.25) is 0 Å². The number of nitrogens with zero attached hydrogens (tertiary/aromatic N) is 2. The van der Waals surface area contributed by atoms with Gasteiger partial charge in [-0.2, -0.15) is 0 Å². The number of aromatic nitrogens is 1. The summed E-state index contributed by atoms with van der Waals surface area (Å²) in [5.41, 5.74) is 1.05. The molecule has 0 amide bonds. The van der Waals surface area contributed by atoms with E-state index >= 15 is 0 Å². The molecule has 0 bridgehead atoms. The largest absolute Gasteiger partial charge is 0.382 e. The van der Waals surface area contributed by atoms with Crippen LogP contribution in [0.3, 0.4) is 0 Å². The number of ether oxygens (including phenoxy) is 1. The molecule has 0 aliphatic heterocycles. The molecule has 0 spiro atoms. The van der Waals surface area contributed by atoms with Crippen LogP contribution >= 0.6 is 35.3 Å². The van der Waals surface area contributed by atoms with Crippen LogP contribution in [0.2, 0.25) is 0 Å². The maximum atomic E-state index is 5.33. The van der Waals surface area contributed by atoms with Gasteiger partial charge in [0.15, 0.2) is 5.96 Å². The topological polar surface area (TPSA) is 58.5 Å². The fourth-order valence-corrected chi connectivity index (χ4v) is 2.50. The Morgan fingerprint density at radius 2 is 2.09 bits per heavy atom. The summed E-state index contributed by atoms with van der Waals surface area (Å²) >= 11 is 1.71. The van der Waals surface area contributed by atoms with Gasteiger partial charge in [0.05, 0.1) is 17.2 Å². The van der Waals surface area contributed by atoms with Crippen molar-refractivity contribution in [1.82, 2.24) is 15.6 Å². The molecule has 7 heteroatoms. The van der Waals surface area contributed by atoms with Crippen LogP contribution in [0, 0.1) is 0 Å². The van der Waals surface area contributed by atoms with Gasteiger partial charge in [-0.1, -0.05) is 6.92 Å². The van der Waals surface area contributed by atoms with Crippen LogP contribution in [0.25, 0.3) is 0 Å².